The van der Waals surface area contributed by atoms with E-state index in [0.29, 0.717) is 24.2 Å². The summed E-state index contributed by atoms with van der Waals surface area (Å²) in [4.78, 5) is 4.25. The van der Waals surface area contributed by atoms with Crippen LogP contribution >= 0.6 is 11.1 Å². The van der Waals surface area contributed by atoms with Gasteiger partial charge in [0.2, 0.25) is 0 Å². The molecule has 0 fully saturated rings. The fraction of sp³-hybridized carbons (Fsp3) is 0.250. The molecule has 1 aromatic heterocycles. The SMILES string of the molecule is F[Si](F)(Cl)N1CCCc2ccc3cccnc3c21. The van der Waals surface area contributed by atoms with Crippen molar-refractivity contribution in [3.05, 3.63) is 36.0 Å². The lowest BCUT2D eigenvalue weighted by Gasteiger charge is -2.33. The van der Waals surface area contributed by atoms with Gasteiger partial charge in [-0.3, -0.25) is 4.98 Å². The van der Waals surface area contributed by atoms with Gasteiger partial charge in [0.25, 0.3) is 0 Å². The van der Waals surface area contributed by atoms with Crippen molar-refractivity contribution in [1.82, 2.24) is 4.98 Å². The van der Waals surface area contributed by atoms with E-state index in [1.165, 1.54) is 0 Å². The van der Waals surface area contributed by atoms with Gasteiger partial charge in [-0.15, -0.1) is 0 Å². The fourth-order valence-electron chi connectivity index (χ4n) is 2.47. The van der Waals surface area contributed by atoms with Crippen molar-refractivity contribution in [3.8, 4) is 0 Å². The van der Waals surface area contributed by atoms with Crippen molar-refractivity contribution in [2.45, 2.75) is 12.8 Å². The first kappa shape index (κ1) is 11.9. The molecule has 2 nitrogen and oxygen atoms in total. The molecule has 1 aromatic carbocycles. The lowest BCUT2D eigenvalue weighted by molar-refractivity contribution is 0.607. The van der Waals surface area contributed by atoms with Crippen molar-refractivity contribution in [1.29, 1.82) is 0 Å². The highest BCUT2D eigenvalue weighted by Crippen LogP contribution is 2.38. The maximum Gasteiger partial charge on any atom is 0.647 e. The van der Waals surface area contributed by atoms with Crippen molar-refractivity contribution in [2.24, 2.45) is 0 Å². The van der Waals surface area contributed by atoms with Crippen LogP contribution in [0.5, 0.6) is 0 Å². The van der Waals surface area contributed by atoms with Crippen LogP contribution in [-0.4, -0.2) is 19.7 Å². The van der Waals surface area contributed by atoms with Crippen LogP contribution < -0.4 is 4.57 Å². The Morgan fingerprint density at radius 3 is 2.89 bits per heavy atom. The van der Waals surface area contributed by atoms with E-state index in [9.17, 15) is 8.22 Å². The van der Waals surface area contributed by atoms with Gasteiger partial charge in [0.1, 0.15) is 0 Å². The summed E-state index contributed by atoms with van der Waals surface area (Å²) >= 11 is 5.34. The second kappa shape index (κ2) is 4.17. The third-order valence-electron chi connectivity index (χ3n) is 3.24. The van der Waals surface area contributed by atoms with Gasteiger partial charge in [-0.05, 0) is 24.5 Å². The van der Waals surface area contributed by atoms with E-state index in [1.54, 1.807) is 12.3 Å². The second-order valence-electron chi connectivity index (χ2n) is 4.37. The Balaban J connectivity index is 2.28. The molecule has 0 spiro atoms. The van der Waals surface area contributed by atoms with E-state index >= 15 is 0 Å². The first-order valence-electron chi connectivity index (χ1n) is 5.78. The largest absolute Gasteiger partial charge is 0.647 e. The predicted octanol–water partition coefficient (Wildman–Crippen LogP) is 3.60. The molecule has 94 valence electrons. The number of anilines is 1. The molecule has 18 heavy (non-hydrogen) atoms. The van der Waals surface area contributed by atoms with Crippen molar-refractivity contribution in [3.63, 3.8) is 0 Å². The lowest BCUT2D eigenvalue weighted by atomic mass is 10.0. The summed E-state index contributed by atoms with van der Waals surface area (Å²) in [6.07, 6.45) is 3.14. The number of rotatable bonds is 1. The number of aryl methyl sites for hydroxylation is 1. The standard InChI is InChI=1S/C12H11ClF2N2Si/c13-18(14,15)17-8-2-4-10-6-5-9-3-1-7-16-11(9)12(10)17/h1,3,5-7H,2,4,8H2. The van der Waals surface area contributed by atoms with E-state index in [0.717, 1.165) is 21.9 Å². The summed E-state index contributed by atoms with van der Waals surface area (Å²) in [5.74, 6) is 0. The molecule has 0 saturated heterocycles. The van der Waals surface area contributed by atoms with Gasteiger partial charge in [-0.25, -0.2) is 8.22 Å². The maximum atomic E-state index is 13.6. The minimum Gasteiger partial charge on any atom is -0.333 e. The van der Waals surface area contributed by atoms with Crippen LogP contribution in [0.3, 0.4) is 0 Å². The molecule has 0 radical (unpaired) electrons. The minimum atomic E-state index is -4.86. The molecule has 0 unspecified atom stereocenters. The molecular weight excluding hydrogens is 274 g/mol. The first-order valence-corrected chi connectivity index (χ1v) is 8.50. The molecule has 3 rings (SSSR count). The maximum absolute atomic E-state index is 13.6. The minimum absolute atomic E-state index is 0.311. The zero-order valence-corrected chi connectivity index (χ0v) is 11.3. The molecule has 2 heterocycles. The van der Waals surface area contributed by atoms with Crippen molar-refractivity contribution in [2.75, 3.05) is 11.1 Å². The fourth-order valence-corrected chi connectivity index (χ4v) is 3.89. The van der Waals surface area contributed by atoms with Crippen LogP contribution in [-0.2, 0) is 6.42 Å². The monoisotopic (exact) mass is 284 g/mol. The molecule has 2 aromatic rings. The van der Waals surface area contributed by atoms with Crippen molar-refractivity contribution < 1.29 is 8.22 Å². The van der Waals surface area contributed by atoms with Crippen LogP contribution in [0.25, 0.3) is 10.9 Å². The number of fused-ring (bicyclic) bond motifs is 3. The zero-order chi connectivity index (χ0) is 12.8. The highest BCUT2D eigenvalue weighted by atomic mass is 35.6. The Morgan fingerprint density at radius 1 is 1.28 bits per heavy atom. The summed E-state index contributed by atoms with van der Waals surface area (Å²) in [6.45, 7) is 0.311. The third kappa shape index (κ3) is 1.87. The number of benzene rings is 1. The van der Waals surface area contributed by atoms with Crippen LogP contribution in [0, 0.1) is 0 Å². The summed E-state index contributed by atoms with van der Waals surface area (Å²) in [7, 11) is -4.86. The van der Waals surface area contributed by atoms with E-state index in [1.807, 2.05) is 18.2 Å². The summed E-state index contributed by atoms with van der Waals surface area (Å²) < 4.78 is 28.3. The van der Waals surface area contributed by atoms with Crippen LogP contribution in [0.1, 0.15) is 12.0 Å². The number of nitrogens with zero attached hydrogens (tertiary/aromatic N) is 2. The summed E-state index contributed by atoms with van der Waals surface area (Å²) in [6, 6.07) is 7.52. The van der Waals surface area contributed by atoms with Gasteiger partial charge in [-0.2, -0.15) is 0 Å². The molecule has 0 atom stereocenters. The number of pyridine rings is 1. The molecule has 0 saturated carbocycles. The second-order valence-corrected chi connectivity index (χ2v) is 7.21. The highest BCUT2D eigenvalue weighted by Gasteiger charge is 2.45. The Morgan fingerprint density at radius 2 is 2.11 bits per heavy atom. The molecule has 0 bridgehead atoms. The van der Waals surface area contributed by atoms with E-state index in [4.69, 9.17) is 11.1 Å². The van der Waals surface area contributed by atoms with Crippen LogP contribution in [0.15, 0.2) is 30.5 Å². The Kier molecular flexibility index (Phi) is 2.75. The summed E-state index contributed by atoms with van der Waals surface area (Å²) in [5.41, 5.74) is 2.08. The van der Waals surface area contributed by atoms with Gasteiger partial charge < -0.3 is 4.57 Å². The van der Waals surface area contributed by atoms with Gasteiger partial charge in [0.05, 0.1) is 11.2 Å². The Bertz CT molecular complexity index is 600. The smallest absolute Gasteiger partial charge is 0.333 e. The molecule has 1 aliphatic heterocycles. The Hall–Kier alpha value is -1.20. The van der Waals surface area contributed by atoms with Crippen molar-refractivity contribution >= 4 is 35.9 Å². The molecule has 0 aliphatic carbocycles. The Labute approximate surface area is 109 Å². The highest BCUT2D eigenvalue weighted by molar-refractivity contribution is 7.14. The average molecular weight is 285 g/mol. The van der Waals surface area contributed by atoms with Crippen LogP contribution in [0.2, 0.25) is 0 Å². The topological polar surface area (TPSA) is 16.1 Å². The number of hydrogen-bond acceptors (Lipinski definition) is 2. The van der Waals surface area contributed by atoms with E-state index in [-0.39, 0.29) is 0 Å². The van der Waals surface area contributed by atoms with Crippen LogP contribution in [0.4, 0.5) is 13.9 Å². The quantitative estimate of drug-likeness (QED) is 0.587. The number of hydrogen-bond donors (Lipinski definition) is 0. The lowest BCUT2D eigenvalue weighted by Crippen LogP contribution is -2.45. The van der Waals surface area contributed by atoms with E-state index < -0.39 is 8.21 Å². The number of aromatic nitrogens is 1. The van der Waals surface area contributed by atoms with Gasteiger partial charge in [0, 0.05) is 18.1 Å². The molecular formula is C12H11ClF2N2Si. The zero-order valence-electron chi connectivity index (χ0n) is 9.54. The third-order valence-corrected chi connectivity index (χ3v) is 4.91. The predicted molar refractivity (Wildman–Crippen MR) is 71.2 cm³/mol. The molecule has 0 N–H and O–H groups in total. The van der Waals surface area contributed by atoms with E-state index in [2.05, 4.69) is 4.98 Å². The van der Waals surface area contributed by atoms with Gasteiger partial charge in [0.15, 0.2) is 0 Å². The average Bonchev–Trinajstić information content (AvgIpc) is 2.36. The van der Waals surface area contributed by atoms with Gasteiger partial charge >= 0.3 is 8.21 Å². The molecule has 1 aliphatic rings. The molecule has 0 amide bonds. The number of halogens is 3. The molecule has 6 heteroatoms. The normalized spacial score (nSPS) is 15.8. The summed E-state index contributed by atoms with van der Waals surface area (Å²) in [5, 5.41) is 0.873. The van der Waals surface area contributed by atoms with Gasteiger partial charge in [-0.1, -0.05) is 29.3 Å². The first-order chi connectivity index (χ1) is 8.57.